The first kappa shape index (κ1) is 16.1. The second-order valence-electron chi connectivity index (χ2n) is 6.88. The van der Waals surface area contributed by atoms with Crippen molar-refractivity contribution in [2.75, 3.05) is 54.0 Å². The van der Waals surface area contributed by atoms with E-state index in [0.717, 1.165) is 56.9 Å². The minimum Gasteiger partial charge on any atom is -0.353 e. The third-order valence-electron chi connectivity index (χ3n) is 5.15. The van der Waals surface area contributed by atoms with E-state index in [2.05, 4.69) is 37.7 Å². The van der Waals surface area contributed by atoms with Gasteiger partial charge in [-0.15, -0.1) is 0 Å². The van der Waals surface area contributed by atoms with Crippen LogP contribution in [-0.2, 0) is 0 Å². The fraction of sp³-hybridized carbons (Fsp3) is 0.526. The van der Waals surface area contributed by atoms with Crippen molar-refractivity contribution in [3.8, 4) is 0 Å². The fourth-order valence-electron chi connectivity index (χ4n) is 3.72. The topological polar surface area (TPSA) is 48.4 Å². The van der Waals surface area contributed by atoms with Gasteiger partial charge in [0.15, 0.2) is 0 Å². The number of aryl methyl sites for hydroxylation is 1. The quantitative estimate of drug-likeness (QED) is 0.857. The monoisotopic (exact) mass is 338 g/mol. The summed E-state index contributed by atoms with van der Waals surface area (Å²) in [5.74, 6) is 3.05. The van der Waals surface area contributed by atoms with E-state index in [4.69, 9.17) is 4.98 Å². The lowest BCUT2D eigenvalue weighted by Gasteiger charge is -2.37. The lowest BCUT2D eigenvalue weighted by atomic mass is 10.1. The predicted octanol–water partition coefficient (Wildman–Crippen LogP) is 2.50. The third-order valence-corrected chi connectivity index (χ3v) is 5.15. The van der Waals surface area contributed by atoms with Crippen molar-refractivity contribution < 1.29 is 0 Å². The Labute approximate surface area is 149 Å². The SMILES string of the molecule is Cc1cccnc1N1CCN(c2ccnc(N3CCCCC3)n2)CC1. The third kappa shape index (κ3) is 3.52. The standard InChI is InChI=1S/C19H26N6/c1-16-6-5-8-20-18(16)24-14-12-23(13-15-24)17-7-9-21-19(22-17)25-10-3-2-4-11-25/h5-9H,2-4,10-15H2,1H3. The summed E-state index contributed by atoms with van der Waals surface area (Å²) in [4.78, 5) is 21.0. The molecule has 2 saturated heterocycles. The number of piperazine rings is 1. The van der Waals surface area contributed by atoms with Crippen LogP contribution >= 0.6 is 0 Å². The van der Waals surface area contributed by atoms with Gasteiger partial charge in [0.2, 0.25) is 5.95 Å². The summed E-state index contributed by atoms with van der Waals surface area (Å²) in [6.45, 7) is 8.16. The van der Waals surface area contributed by atoms with Crippen molar-refractivity contribution in [3.05, 3.63) is 36.2 Å². The van der Waals surface area contributed by atoms with Crippen molar-refractivity contribution in [1.82, 2.24) is 15.0 Å². The molecule has 0 radical (unpaired) electrons. The minimum atomic E-state index is 0.889. The molecule has 0 aliphatic carbocycles. The first-order valence-corrected chi connectivity index (χ1v) is 9.31. The summed E-state index contributed by atoms with van der Waals surface area (Å²) in [5, 5.41) is 0. The van der Waals surface area contributed by atoms with Gasteiger partial charge in [0.25, 0.3) is 0 Å². The molecule has 0 atom stereocenters. The first-order valence-electron chi connectivity index (χ1n) is 9.31. The Balaban J connectivity index is 1.43. The fourth-order valence-corrected chi connectivity index (χ4v) is 3.72. The highest BCUT2D eigenvalue weighted by Crippen LogP contribution is 2.22. The molecule has 0 N–H and O–H groups in total. The maximum Gasteiger partial charge on any atom is 0.227 e. The highest BCUT2D eigenvalue weighted by molar-refractivity contribution is 5.50. The second-order valence-corrected chi connectivity index (χ2v) is 6.88. The van der Waals surface area contributed by atoms with Crippen molar-refractivity contribution in [3.63, 3.8) is 0 Å². The van der Waals surface area contributed by atoms with E-state index in [1.165, 1.54) is 24.8 Å². The molecule has 6 heteroatoms. The van der Waals surface area contributed by atoms with Gasteiger partial charge in [-0.1, -0.05) is 6.07 Å². The number of anilines is 3. The molecule has 2 fully saturated rings. The molecule has 4 rings (SSSR count). The zero-order valence-corrected chi connectivity index (χ0v) is 14.9. The van der Waals surface area contributed by atoms with E-state index in [0.29, 0.717) is 0 Å². The Morgan fingerprint density at radius 2 is 1.52 bits per heavy atom. The summed E-state index contributed by atoms with van der Waals surface area (Å²) < 4.78 is 0. The predicted molar refractivity (Wildman–Crippen MR) is 101 cm³/mol. The first-order chi connectivity index (χ1) is 12.3. The van der Waals surface area contributed by atoms with E-state index in [1.807, 2.05) is 24.5 Å². The molecule has 0 spiro atoms. The Morgan fingerprint density at radius 3 is 2.28 bits per heavy atom. The van der Waals surface area contributed by atoms with Crippen LogP contribution in [0.3, 0.4) is 0 Å². The van der Waals surface area contributed by atoms with Gasteiger partial charge in [-0.2, -0.15) is 4.98 Å². The lowest BCUT2D eigenvalue weighted by molar-refractivity contribution is 0.567. The van der Waals surface area contributed by atoms with E-state index >= 15 is 0 Å². The van der Waals surface area contributed by atoms with Crippen LogP contribution in [0.1, 0.15) is 24.8 Å². The van der Waals surface area contributed by atoms with Crippen LogP contribution in [0.5, 0.6) is 0 Å². The Morgan fingerprint density at radius 1 is 0.760 bits per heavy atom. The summed E-state index contributed by atoms with van der Waals surface area (Å²) in [6.07, 6.45) is 7.60. The zero-order chi connectivity index (χ0) is 17.1. The van der Waals surface area contributed by atoms with Gasteiger partial charge in [-0.3, -0.25) is 0 Å². The maximum absolute atomic E-state index is 4.84. The summed E-state index contributed by atoms with van der Waals surface area (Å²) in [5.41, 5.74) is 1.24. The van der Waals surface area contributed by atoms with Crippen molar-refractivity contribution in [1.29, 1.82) is 0 Å². The largest absolute Gasteiger partial charge is 0.353 e. The Hall–Kier alpha value is -2.37. The summed E-state index contributed by atoms with van der Waals surface area (Å²) in [6, 6.07) is 6.16. The van der Waals surface area contributed by atoms with Gasteiger partial charge < -0.3 is 14.7 Å². The maximum atomic E-state index is 4.84. The van der Waals surface area contributed by atoms with Gasteiger partial charge >= 0.3 is 0 Å². The average molecular weight is 338 g/mol. The second kappa shape index (κ2) is 7.25. The van der Waals surface area contributed by atoms with Crippen LogP contribution in [0.25, 0.3) is 0 Å². The normalized spacial score (nSPS) is 18.5. The molecule has 2 aromatic rings. The number of hydrogen-bond donors (Lipinski definition) is 0. The molecular weight excluding hydrogens is 312 g/mol. The van der Waals surface area contributed by atoms with Crippen LogP contribution in [0.15, 0.2) is 30.6 Å². The molecule has 6 nitrogen and oxygen atoms in total. The number of aromatic nitrogens is 3. The van der Waals surface area contributed by atoms with Crippen molar-refractivity contribution in [2.24, 2.45) is 0 Å². The molecule has 0 amide bonds. The molecule has 2 aromatic heterocycles. The lowest BCUT2D eigenvalue weighted by Crippen LogP contribution is -2.47. The summed E-state index contributed by atoms with van der Waals surface area (Å²) in [7, 11) is 0. The number of pyridine rings is 1. The van der Waals surface area contributed by atoms with Crippen LogP contribution < -0.4 is 14.7 Å². The molecule has 0 saturated carbocycles. The molecule has 4 heterocycles. The smallest absolute Gasteiger partial charge is 0.227 e. The van der Waals surface area contributed by atoms with Crippen molar-refractivity contribution in [2.45, 2.75) is 26.2 Å². The van der Waals surface area contributed by atoms with Crippen LogP contribution in [0, 0.1) is 6.92 Å². The number of piperidine rings is 1. The minimum absolute atomic E-state index is 0.889. The molecule has 2 aliphatic rings. The molecule has 0 bridgehead atoms. The molecule has 0 unspecified atom stereocenters. The van der Waals surface area contributed by atoms with Crippen LogP contribution in [0.2, 0.25) is 0 Å². The molecule has 25 heavy (non-hydrogen) atoms. The van der Waals surface area contributed by atoms with Gasteiger partial charge in [-0.05, 0) is 43.9 Å². The van der Waals surface area contributed by atoms with Gasteiger partial charge in [0.1, 0.15) is 11.6 Å². The number of hydrogen-bond acceptors (Lipinski definition) is 6. The van der Waals surface area contributed by atoms with E-state index in [-0.39, 0.29) is 0 Å². The van der Waals surface area contributed by atoms with Gasteiger partial charge in [0, 0.05) is 51.7 Å². The average Bonchev–Trinajstić information content (AvgIpc) is 2.69. The Bertz CT molecular complexity index is 705. The number of nitrogens with zero attached hydrogens (tertiary/aromatic N) is 6. The molecule has 132 valence electrons. The summed E-state index contributed by atoms with van der Waals surface area (Å²) >= 11 is 0. The van der Waals surface area contributed by atoms with E-state index in [1.54, 1.807) is 0 Å². The Kier molecular flexibility index (Phi) is 4.68. The van der Waals surface area contributed by atoms with Gasteiger partial charge in [-0.25, -0.2) is 9.97 Å². The van der Waals surface area contributed by atoms with E-state index < -0.39 is 0 Å². The van der Waals surface area contributed by atoms with Crippen LogP contribution in [-0.4, -0.2) is 54.2 Å². The highest BCUT2D eigenvalue weighted by atomic mass is 15.3. The number of rotatable bonds is 3. The van der Waals surface area contributed by atoms with Crippen molar-refractivity contribution >= 4 is 17.6 Å². The molecule has 2 aliphatic heterocycles. The molecular formula is C19H26N6. The zero-order valence-electron chi connectivity index (χ0n) is 14.9. The van der Waals surface area contributed by atoms with Crippen LogP contribution in [0.4, 0.5) is 17.6 Å². The molecule has 0 aromatic carbocycles. The highest BCUT2D eigenvalue weighted by Gasteiger charge is 2.21. The van der Waals surface area contributed by atoms with Gasteiger partial charge in [0.05, 0.1) is 0 Å². The van der Waals surface area contributed by atoms with E-state index in [9.17, 15) is 0 Å².